The van der Waals surface area contributed by atoms with Crippen LogP contribution in [-0.2, 0) is 0 Å². The number of aliphatic imine (C=N–C) groups is 1. The van der Waals surface area contributed by atoms with Crippen LogP contribution in [0.2, 0.25) is 0 Å². The summed E-state index contributed by atoms with van der Waals surface area (Å²) in [5.41, 5.74) is 10.1. The molecule has 4 nitrogen and oxygen atoms in total. The number of rotatable bonds is 0. The second-order valence-corrected chi connectivity index (χ2v) is 9.07. The lowest BCUT2D eigenvalue weighted by molar-refractivity contribution is 1.01. The smallest absolute Gasteiger partial charge is 0.0947 e. The van der Waals surface area contributed by atoms with E-state index < -0.39 is 0 Å². The maximum absolute atomic E-state index is 5.19. The summed E-state index contributed by atoms with van der Waals surface area (Å²) in [5.74, 6) is 0. The predicted molar refractivity (Wildman–Crippen MR) is 139 cm³/mol. The monoisotopic (exact) mass is 436 g/mol. The normalized spacial score (nSPS) is 15.8. The number of para-hydroxylation sites is 2. The molecule has 4 heteroatoms. The topological polar surface area (TPSA) is 34.2 Å². The fourth-order valence-electron chi connectivity index (χ4n) is 5.44. The average Bonchev–Trinajstić information content (AvgIpc) is 3.51. The van der Waals surface area contributed by atoms with E-state index >= 15 is 0 Å². The summed E-state index contributed by atoms with van der Waals surface area (Å²) in [6.45, 7) is 0. The van der Waals surface area contributed by atoms with Gasteiger partial charge in [0.05, 0.1) is 34.2 Å². The molecule has 4 heterocycles. The summed E-state index contributed by atoms with van der Waals surface area (Å²) >= 11 is 0. The van der Waals surface area contributed by atoms with E-state index in [4.69, 9.17) is 4.99 Å². The van der Waals surface area contributed by atoms with Crippen LogP contribution in [0.1, 0.15) is 17.2 Å². The van der Waals surface area contributed by atoms with Gasteiger partial charge in [-0.2, -0.15) is 0 Å². The van der Waals surface area contributed by atoms with E-state index in [-0.39, 0.29) is 6.04 Å². The van der Waals surface area contributed by atoms with Gasteiger partial charge in [0.25, 0.3) is 0 Å². The molecule has 0 saturated carbocycles. The van der Waals surface area contributed by atoms with Crippen LogP contribution in [0.3, 0.4) is 0 Å². The number of benzene rings is 4. The number of hydrogen-bond donors (Lipinski definition) is 1. The Morgan fingerprint density at radius 3 is 2.21 bits per heavy atom. The summed E-state index contributed by atoms with van der Waals surface area (Å²) in [6.07, 6.45) is 4.32. The number of fused-ring (bicyclic) bond motifs is 10. The maximum atomic E-state index is 5.19. The number of nitrogens with zero attached hydrogens (tertiary/aromatic N) is 3. The summed E-state index contributed by atoms with van der Waals surface area (Å²) in [7, 11) is 0. The highest BCUT2D eigenvalue weighted by Crippen LogP contribution is 2.38. The number of anilines is 1. The predicted octanol–water partition coefficient (Wildman–Crippen LogP) is 7.18. The Hall–Kier alpha value is -4.57. The fraction of sp³-hybridized carbons (Fsp3) is 0.0333. The molecule has 1 unspecified atom stereocenters. The molecule has 0 fully saturated rings. The van der Waals surface area contributed by atoms with Gasteiger partial charge in [-0.3, -0.25) is 0 Å². The molecule has 2 aromatic heterocycles. The van der Waals surface area contributed by atoms with Crippen molar-refractivity contribution in [1.29, 1.82) is 0 Å². The highest BCUT2D eigenvalue weighted by atomic mass is 15.0. The zero-order valence-electron chi connectivity index (χ0n) is 18.3. The van der Waals surface area contributed by atoms with Gasteiger partial charge in [0.2, 0.25) is 0 Å². The summed E-state index contributed by atoms with van der Waals surface area (Å²) in [5, 5.41) is 6.23. The first kappa shape index (κ1) is 17.9. The van der Waals surface area contributed by atoms with E-state index in [1.807, 2.05) is 6.07 Å². The molecule has 6 aromatic rings. The molecule has 0 aliphatic carbocycles. The van der Waals surface area contributed by atoms with Crippen molar-refractivity contribution in [2.75, 3.05) is 5.32 Å². The highest BCUT2D eigenvalue weighted by molar-refractivity contribution is 6.11. The summed E-state index contributed by atoms with van der Waals surface area (Å²) < 4.78 is 4.56. The van der Waals surface area contributed by atoms with Crippen molar-refractivity contribution in [2.24, 2.45) is 4.99 Å². The molecular formula is C30H20N4. The zero-order chi connectivity index (χ0) is 22.2. The Balaban J connectivity index is 1.51. The fourth-order valence-corrected chi connectivity index (χ4v) is 5.44. The minimum absolute atomic E-state index is 0.0487. The second-order valence-electron chi connectivity index (χ2n) is 9.07. The summed E-state index contributed by atoms with van der Waals surface area (Å²) in [6, 6.07) is 34.8. The Morgan fingerprint density at radius 2 is 1.38 bits per heavy atom. The first-order chi connectivity index (χ1) is 16.8. The van der Waals surface area contributed by atoms with E-state index in [1.165, 1.54) is 27.4 Å². The molecule has 34 heavy (non-hydrogen) atoms. The molecule has 0 radical (unpaired) electrons. The SMILES string of the molecule is c1cc2cc(c1)-n1ccc3ccc(cc31)C1Nc3ccccc3N=C1c1ccc3ccn-2c3c1. The largest absolute Gasteiger partial charge is 0.371 e. The lowest BCUT2D eigenvalue weighted by Crippen LogP contribution is -2.25. The van der Waals surface area contributed by atoms with Crippen molar-refractivity contribution in [3.63, 3.8) is 0 Å². The molecule has 8 rings (SSSR count). The number of hydrogen-bond acceptors (Lipinski definition) is 2. The van der Waals surface area contributed by atoms with Crippen LogP contribution in [0.25, 0.3) is 33.2 Å². The van der Waals surface area contributed by atoms with Crippen LogP contribution in [0.15, 0.2) is 114 Å². The van der Waals surface area contributed by atoms with Crippen LogP contribution in [-0.4, -0.2) is 14.8 Å². The standard InChI is InChI=1S/C30H20N4/c1-2-7-26-25(6-1)31-29-21-10-8-19-12-14-33(27(19)16-21)23-4-3-5-24(18-23)34-15-13-20-9-11-22(17-28(20)34)30(29)32-26/h1-18,29,31H. The Bertz CT molecular complexity index is 1800. The van der Waals surface area contributed by atoms with E-state index in [0.29, 0.717) is 0 Å². The van der Waals surface area contributed by atoms with Gasteiger partial charge in [-0.25, -0.2) is 4.99 Å². The third-order valence-electron chi connectivity index (χ3n) is 7.14. The third-order valence-corrected chi connectivity index (χ3v) is 7.14. The zero-order valence-corrected chi connectivity index (χ0v) is 18.3. The quantitative estimate of drug-likeness (QED) is 0.269. The molecular weight excluding hydrogens is 416 g/mol. The average molecular weight is 437 g/mol. The van der Waals surface area contributed by atoms with Crippen LogP contribution in [0.5, 0.6) is 0 Å². The molecule has 0 spiro atoms. The molecule has 1 atom stereocenters. The molecule has 2 aliphatic rings. The van der Waals surface area contributed by atoms with Gasteiger partial charge in [-0.1, -0.05) is 42.5 Å². The van der Waals surface area contributed by atoms with Crippen molar-refractivity contribution in [1.82, 2.24) is 9.13 Å². The Morgan fingerprint density at radius 1 is 0.647 bits per heavy atom. The van der Waals surface area contributed by atoms with E-state index in [0.717, 1.165) is 34.0 Å². The van der Waals surface area contributed by atoms with Gasteiger partial charge < -0.3 is 14.5 Å². The number of nitrogens with one attached hydrogen (secondary N) is 1. The van der Waals surface area contributed by atoms with Crippen molar-refractivity contribution in [3.8, 4) is 11.4 Å². The van der Waals surface area contributed by atoms with E-state index in [2.05, 4.69) is 118 Å². The first-order valence-corrected chi connectivity index (χ1v) is 11.6. The third kappa shape index (κ3) is 2.45. The van der Waals surface area contributed by atoms with Crippen LogP contribution >= 0.6 is 0 Å². The molecule has 0 amide bonds. The minimum atomic E-state index is -0.0487. The molecule has 0 saturated heterocycles. The van der Waals surface area contributed by atoms with Gasteiger partial charge in [0, 0.05) is 29.3 Å². The van der Waals surface area contributed by atoms with Crippen molar-refractivity contribution >= 4 is 38.9 Å². The second kappa shape index (κ2) is 6.49. The van der Waals surface area contributed by atoms with Gasteiger partial charge in [0.1, 0.15) is 0 Å². The molecule has 6 bridgehead atoms. The lowest BCUT2D eigenvalue weighted by atomic mass is 9.93. The van der Waals surface area contributed by atoms with E-state index in [9.17, 15) is 0 Å². The molecule has 4 aromatic carbocycles. The van der Waals surface area contributed by atoms with Crippen LogP contribution in [0.4, 0.5) is 11.4 Å². The van der Waals surface area contributed by atoms with Crippen molar-refractivity contribution < 1.29 is 0 Å². The van der Waals surface area contributed by atoms with Crippen molar-refractivity contribution in [3.05, 3.63) is 121 Å². The first-order valence-electron chi connectivity index (χ1n) is 11.6. The lowest BCUT2D eigenvalue weighted by Gasteiger charge is -2.28. The molecule has 160 valence electrons. The van der Waals surface area contributed by atoms with Gasteiger partial charge >= 0.3 is 0 Å². The van der Waals surface area contributed by atoms with Crippen molar-refractivity contribution in [2.45, 2.75) is 6.04 Å². The van der Waals surface area contributed by atoms with E-state index in [1.54, 1.807) is 0 Å². The minimum Gasteiger partial charge on any atom is -0.371 e. The van der Waals surface area contributed by atoms with Gasteiger partial charge in [0.15, 0.2) is 0 Å². The molecule has 1 N–H and O–H groups in total. The Kier molecular flexibility index (Phi) is 3.42. The Labute approximate surface area is 196 Å². The van der Waals surface area contributed by atoms with Gasteiger partial charge in [-0.15, -0.1) is 0 Å². The van der Waals surface area contributed by atoms with Crippen LogP contribution in [0, 0.1) is 0 Å². The number of aromatic nitrogens is 2. The maximum Gasteiger partial charge on any atom is 0.0947 e. The molecule has 2 aliphatic heterocycles. The summed E-state index contributed by atoms with van der Waals surface area (Å²) in [4.78, 5) is 5.19. The highest BCUT2D eigenvalue weighted by Gasteiger charge is 2.26. The van der Waals surface area contributed by atoms with Gasteiger partial charge in [-0.05, 0) is 70.9 Å². The van der Waals surface area contributed by atoms with Crippen LogP contribution < -0.4 is 5.32 Å².